The molecule has 2 atom stereocenters. The maximum Gasteiger partial charge on any atom is 0.313 e. The predicted molar refractivity (Wildman–Crippen MR) is 105 cm³/mol. The number of hydrogen-bond donors (Lipinski definition) is 0. The van der Waals surface area contributed by atoms with Crippen LogP contribution in [0.2, 0.25) is 0 Å². The minimum atomic E-state index is -0.399. The van der Waals surface area contributed by atoms with Crippen molar-refractivity contribution in [1.82, 2.24) is 14.8 Å². The summed E-state index contributed by atoms with van der Waals surface area (Å²) in [6.45, 7) is 7.63. The molecule has 0 aliphatic carbocycles. The molecule has 0 unspecified atom stereocenters. The molecule has 2 fully saturated rings. The second kappa shape index (κ2) is 8.45. The number of carbonyl (C=O) groups is 1. The molecule has 2 aromatic heterocycles. The summed E-state index contributed by atoms with van der Waals surface area (Å²) in [6.07, 6.45) is 9.14. The van der Waals surface area contributed by atoms with E-state index >= 15 is 0 Å². The second-order valence-electron chi connectivity index (χ2n) is 8.07. The summed E-state index contributed by atoms with van der Waals surface area (Å²) in [5, 5.41) is 0. The highest BCUT2D eigenvalue weighted by Crippen LogP contribution is 2.44. The summed E-state index contributed by atoms with van der Waals surface area (Å²) in [5.74, 6) is 0.260. The van der Waals surface area contributed by atoms with Crippen molar-refractivity contribution in [1.29, 1.82) is 0 Å². The molecule has 4 rings (SSSR count). The lowest BCUT2D eigenvalue weighted by molar-refractivity contribution is -0.157. The number of aromatic nitrogens is 1. The molecular weight excluding hydrogens is 354 g/mol. The summed E-state index contributed by atoms with van der Waals surface area (Å²) in [5.41, 5.74) is 1.98. The van der Waals surface area contributed by atoms with E-state index in [1.807, 2.05) is 31.5 Å². The van der Waals surface area contributed by atoms with Crippen LogP contribution in [0.1, 0.15) is 30.9 Å². The topological polar surface area (TPSA) is 58.8 Å². The lowest BCUT2D eigenvalue weighted by atomic mass is 9.75. The van der Waals surface area contributed by atoms with Gasteiger partial charge in [0.05, 0.1) is 24.5 Å². The zero-order valence-corrected chi connectivity index (χ0v) is 16.5. The number of furan rings is 1. The molecule has 0 N–H and O–H groups in total. The molecule has 0 aromatic carbocycles. The van der Waals surface area contributed by atoms with Gasteiger partial charge in [-0.2, -0.15) is 0 Å². The zero-order valence-electron chi connectivity index (χ0n) is 16.5. The number of nitrogens with zero attached hydrogens (tertiary/aromatic N) is 3. The van der Waals surface area contributed by atoms with Crippen molar-refractivity contribution >= 4 is 5.97 Å². The van der Waals surface area contributed by atoms with E-state index in [-0.39, 0.29) is 11.9 Å². The van der Waals surface area contributed by atoms with Crippen molar-refractivity contribution in [2.45, 2.75) is 32.9 Å². The summed E-state index contributed by atoms with van der Waals surface area (Å²) < 4.78 is 10.8. The van der Waals surface area contributed by atoms with Crippen LogP contribution in [0, 0.1) is 11.3 Å². The van der Waals surface area contributed by atoms with Gasteiger partial charge in [0.1, 0.15) is 0 Å². The predicted octanol–water partition coefficient (Wildman–Crippen LogP) is 2.95. The van der Waals surface area contributed by atoms with E-state index in [1.54, 1.807) is 12.5 Å². The molecular formula is C22H29N3O3. The van der Waals surface area contributed by atoms with Crippen molar-refractivity contribution in [3.8, 4) is 0 Å². The molecule has 2 aliphatic rings. The molecule has 0 amide bonds. The Kier molecular flexibility index (Phi) is 5.78. The molecule has 0 saturated carbocycles. The fraction of sp³-hybridized carbons (Fsp3) is 0.545. The number of likely N-dealkylation sites (tertiary alicyclic amines) is 2. The average Bonchev–Trinajstić information content (AvgIpc) is 3.28. The number of rotatable bonds is 6. The fourth-order valence-corrected chi connectivity index (χ4v) is 4.88. The summed E-state index contributed by atoms with van der Waals surface area (Å²) in [4.78, 5) is 22.2. The first-order chi connectivity index (χ1) is 13.7. The monoisotopic (exact) mass is 383 g/mol. The summed E-state index contributed by atoms with van der Waals surface area (Å²) in [6, 6.07) is 6.11. The Bertz CT molecular complexity index is 765. The van der Waals surface area contributed by atoms with Crippen molar-refractivity contribution < 1.29 is 13.9 Å². The van der Waals surface area contributed by atoms with Gasteiger partial charge in [0.15, 0.2) is 0 Å². The van der Waals surface area contributed by atoms with Crippen LogP contribution in [-0.4, -0.2) is 53.5 Å². The minimum Gasteiger partial charge on any atom is -0.472 e. The Morgan fingerprint density at radius 1 is 1.29 bits per heavy atom. The molecule has 4 heterocycles. The normalized spacial score (nSPS) is 26.0. The number of fused-ring (bicyclic) bond motifs is 1. The van der Waals surface area contributed by atoms with Crippen LogP contribution in [0.3, 0.4) is 0 Å². The van der Waals surface area contributed by atoms with Gasteiger partial charge in [0, 0.05) is 56.6 Å². The summed E-state index contributed by atoms with van der Waals surface area (Å²) in [7, 11) is 0. The van der Waals surface area contributed by atoms with Gasteiger partial charge in [-0.25, -0.2) is 0 Å². The number of esters is 1. The van der Waals surface area contributed by atoms with E-state index < -0.39 is 5.41 Å². The molecule has 6 heteroatoms. The Morgan fingerprint density at radius 3 is 2.89 bits per heavy atom. The lowest BCUT2D eigenvalue weighted by Crippen LogP contribution is -2.42. The first-order valence-corrected chi connectivity index (χ1v) is 10.2. The fourth-order valence-electron chi connectivity index (χ4n) is 4.88. The Labute approximate surface area is 166 Å². The van der Waals surface area contributed by atoms with Gasteiger partial charge >= 0.3 is 5.97 Å². The quantitative estimate of drug-likeness (QED) is 0.715. The van der Waals surface area contributed by atoms with Crippen molar-refractivity contribution in [3.63, 3.8) is 0 Å². The van der Waals surface area contributed by atoms with Crippen molar-refractivity contribution in [2.24, 2.45) is 11.3 Å². The SMILES string of the molecule is CCOC(=O)[C@@]12CCCN(Cc3cccnc3)C[C@@H]1CN(Cc1ccoc1)C2. The van der Waals surface area contributed by atoms with Crippen molar-refractivity contribution in [2.75, 3.05) is 32.8 Å². The maximum absolute atomic E-state index is 13.1. The zero-order chi connectivity index (χ0) is 19.4. The molecule has 0 spiro atoms. The Balaban J connectivity index is 1.52. The standard InChI is InChI=1S/C22H29N3O3/c1-2-28-21(26)22-7-4-9-24(12-18-5-3-8-23-11-18)14-20(22)15-25(17-22)13-19-6-10-27-16-19/h3,5-6,8,10-11,16,20H,2,4,7,9,12-15,17H2,1H3/t20-,22-/m1/s1. The second-order valence-corrected chi connectivity index (χ2v) is 8.07. The molecule has 0 bridgehead atoms. The third-order valence-electron chi connectivity index (χ3n) is 6.14. The Hall–Kier alpha value is -2.18. The van der Waals surface area contributed by atoms with E-state index in [1.165, 1.54) is 5.56 Å². The summed E-state index contributed by atoms with van der Waals surface area (Å²) >= 11 is 0. The molecule has 2 aromatic rings. The van der Waals surface area contributed by atoms with Crippen LogP contribution in [0.25, 0.3) is 0 Å². The minimum absolute atomic E-state index is 0.0158. The third-order valence-corrected chi connectivity index (χ3v) is 6.14. The molecule has 150 valence electrons. The molecule has 0 radical (unpaired) electrons. The van der Waals surface area contributed by atoms with Crippen LogP contribution in [-0.2, 0) is 22.6 Å². The molecule has 2 saturated heterocycles. The van der Waals surface area contributed by atoms with E-state index in [2.05, 4.69) is 20.9 Å². The highest BCUT2D eigenvalue weighted by molar-refractivity contribution is 5.78. The molecule has 28 heavy (non-hydrogen) atoms. The van der Waals surface area contributed by atoms with Gasteiger partial charge in [-0.05, 0) is 44.0 Å². The molecule has 6 nitrogen and oxygen atoms in total. The van der Waals surface area contributed by atoms with Gasteiger partial charge in [-0.3, -0.25) is 19.6 Å². The first kappa shape index (κ1) is 19.2. The van der Waals surface area contributed by atoms with Gasteiger partial charge in [-0.1, -0.05) is 6.07 Å². The van der Waals surface area contributed by atoms with Crippen LogP contribution in [0.15, 0.2) is 47.5 Å². The third kappa shape index (κ3) is 3.98. The van der Waals surface area contributed by atoms with Gasteiger partial charge in [0.2, 0.25) is 0 Å². The molecule has 2 aliphatic heterocycles. The number of pyridine rings is 1. The highest BCUT2D eigenvalue weighted by atomic mass is 16.5. The van der Waals surface area contributed by atoms with E-state index in [4.69, 9.17) is 9.15 Å². The first-order valence-electron chi connectivity index (χ1n) is 10.2. The van der Waals surface area contributed by atoms with E-state index in [0.717, 1.165) is 57.7 Å². The average molecular weight is 383 g/mol. The van der Waals surface area contributed by atoms with Crippen LogP contribution in [0.5, 0.6) is 0 Å². The number of carbonyl (C=O) groups excluding carboxylic acids is 1. The van der Waals surface area contributed by atoms with E-state index in [9.17, 15) is 4.79 Å². The van der Waals surface area contributed by atoms with Crippen LogP contribution < -0.4 is 0 Å². The Morgan fingerprint density at radius 2 is 2.14 bits per heavy atom. The number of ether oxygens (including phenoxy) is 1. The maximum atomic E-state index is 13.1. The van der Waals surface area contributed by atoms with Gasteiger partial charge in [-0.15, -0.1) is 0 Å². The highest BCUT2D eigenvalue weighted by Gasteiger charge is 2.53. The lowest BCUT2D eigenvalue weighted by Gasteiger charge is -2.31. The largest absolute Gasteiger partial charge is 0.472 e. The van der Waals surface area contributed by atoms with Crippen molar-refractivity contribution in [3.05, 3.63) is 54.2 Å². The van der Waals surface area contributed by atoms with E-state index in [0.29, 0.717) is 6.61 Å². The number of hydrogen-bond acceptors (Lipinski definition) is 6. The smallest absolute Gasteiger partial charge is 0.313 e. The van der Waals surface area contributed by atoms with Gasteiger partial charge in [0.25, 0.3) is 0 Å². The van der Waals surface area contributed by atoms with Crippen LogP contribution in [0.4, 0.5) is 0 Å². The van der Waals surface area contributed by atoms with Crippen LogP contribution >= 0.6 is 0 Å². The van der Waals surface area contributed by atoms with Gasteiger partial charge < -0.3 is 9.15 Å².